The highest BCUT2D eigenvalue weighted by Gasteiger charge is 2.26. The molecule has 0 spiro atoms. The number of H-pyrrole nitrogens is 1. The van der Waals surface area contributed by atoms with Crippen molar-refractivity contribution in [2.24, 2.45) is 5.92 Å². The third-order valence-corrected chi connectivity index (χ3v) is 5.15. The molecular weight excluding hydrogens is 314 g/mol. The van der Waals surface area contributed by atoms with Crippen LogP contribution in [0.25, 0.3) is 5.65 Å². The molecule has 3 aromatic heterocycles. The molecule has 0 saturated carbocycles. The molecule has 3 aromatic rings. The maximum atomic E-state index is 12.9. The SMILES string of the molecule is Cc1cn[nH]c1CC1CCCN(C(=O)c2cn3c(C)cccc3n2)C1. The lowest BCUT2D eigenvalue weighted by molar-refractivity contribution is 0.0667. The number of carbonyl (C=O) groups is 1. The Bertz CT molecular complexity index is 910. The highest BCUT2D eigenvalue weighted by atomic mass is 16.2. The minimum absolute atomic E-state index is 0.0362. The Hall–Kier alpha value is -2.63. The highest BCUT2D eigenvalue weighted by Crippen LogP contribution is 2.23. The molecule has 1 amide bonds. The molecule has 4 heterocycles. The molecule has 4 rings (SSSR count). The van der Waals surface area contributed by atoms with Gasteiger partial charge in [-0.15, -0.1) is 0 Å². The summed E-state index contributed by atoms with van der Waals surface area (Å²) in [6, 6.07) is 5.92. The van der Waals surface area contributed by atoms with Gasteiger partial charge in [0.25, 0.3) is 5.91 Å². The fraction of sp³-hybridized carbons (Fsp3) is 0.421. The predicted molar refractivity (Wildman–Crippen MR) is 95.6 cm³/mol. The van der Waals surface area contributed by atoms with Gasteiger partial charge in [-0.25, -0.2) is 4.98 Å². The van der Waals surface area contributed by atoms with Crippen molar-refractivity contribution in [2.75, 3.05) is 13.1 Å². The second kappa shape index (κ2) is 6.35. The number of nitrogens with one attached hydrogen (secondary N) is 1. The van der Waals surface area contributed by atoms with Gasteiger partial charge in [0.05, 0.1) is 6.20 Å². The first-order valence-electron chi connectivity index (χ1n) is 8.84. The lowest BCUT2D eigenvalue weighted by Crippen LogP contribution is -2.40. The molecule has 0 bridgehead atoms. The van der Waals surface area contributed by atoms with E-state index in [0.717, 1.165) is 43.7 Å². The Labute approximate surface area is 146 Å². The number of hydrogen-bond donors (Lipinski definition) is 1. The van der Waals surface area contributed by atoms with Crippen molar-refractivity contribution >= 4 is 11.6 Å². The summed E-state index contributed by atoms with van der Waals surface area (Å²) in [6.07, 6.45) is 6.85. The number of aromatic amines is 1. The largest absolute Gasteiger partial charge is 0.337 e. The summed E-state index contributed by atoms with van der Waals surface area (Å²) in [5.74, 6) is 0.504. The maximum absolute atomic E-state index is 12.9. The van der Waals surface area contributed by atoms with E-state index in [2.05, 4.69) is 22.1 Å². The smallest absolute Gasteiger partial charge is 0.274 e. The van der Waals surface area contributed by atoms with Crippen molar-refractivity contribution in [1.29, 1.82) is 0 Å². The number of fused-ring (bicyclic) bond motifs is 1. The van der Waals surface area contributed by atoms with E-state index in [1.165, 1.54) is 11.3 Å². The number of aryl methyl sites for hydroxylation is 2. The number of piperidine rings is 1. The van der Waals surface area contributed by atoms with Crippen molar-refractivity contribution in [1.82, 2.24) is 24.5 Å². The molecule has 1 aliphatic heterocycles. The summed E-state index contributed by atoms with van der Waals surface area (Å²) in [5.41, 5.74) is 4.81. The van der Waals surface area contributed by atoms with E-state index in [4.69, 9.17) is 0 Å². The fourth-order valence-electron chi connectivity index (χ4n) is 3.70. The average Bonchev–Trinajstić information content (AvgIpc) is 3.22. The Morgan fingerprint density at radius 2 is 2.24 bits per heavy atom. The molecule has 130 valence electrons. The van der Waals surface area contributed by atoms with E-state index in [0.29, 0.717) is 11.6 Å². The number of imidazole rings is 1. The molecule has 1 fully saturated rings. The number of aromatic nitrogens is 4. The quantitative estimate of drug-likeness (QED) is 0.799. The summed E-state index contributed by atoms with van der Waals surface area (Å²) < 4.78 is 1.97. The van der Waals surface area contributed by atoms with E-state index < -0.39 is 0 Å². The molecule has 1 aliphatic rings. The van der Waals surface area contributed by atoms with Gasteiger partial charge in [-0.1, -0.05) is 6.07 Å². The fourth-order valence-corrected chi connectivity index (χ4v) is 3.70. The molecule has 0 aliphatic carbocycles. The predicted octanol–water partition coefficient (Wildman–Crippen LogP) is 2.77. The molecule has 1 N–H and O–H groups in total. The molecule has 6 heteroatoms. The zero-order valence-corrected chi connectivity index (χ0v) is 14.7. The van der Waals surface area contributed by atoms with E-state index >= 15 is 0 Å². The third kappa shape index (κ3) is 3.04. The van der Waals surface area contributed by atoms with Crippen LogP contribution in [0.3, 0.4) is 0 Å². The van der Waals surface area contributed by atoms with Gasteiger partial charge < -0.3 is 9.30 Å². The highest BCUT2D eigenvalue weighted by molar-refractivity contribution is 5.93. The van der Waals surface area contributed by atoms with Gasteiger partial charge in [0.1, 0.15) is 11.3 Å². The average molecular weight is 337 g/mol. The normalized spacial score (nSPS) is 18.0. The number of pyridine rings is 1. The summed E-state index contributed by atoms with van der Waals surface area (Å²) >= 11 is 0. The minimum Gasteiger partial charge on any atom is -0.337 e. The number of hydrogen-bond acceptors (Lipinski definition) is 3. The van der Waals surface area contributed by atoms with Gasteiger partial charge in [-0.3, -0.25) is 9.89 Å². The van der Waals surface area contributed by atoms with E-state index in [-0.39, 0.29) is 5.91 Å². The van der Waals surface area contributed by atoms with Crippen molar-refractivity contribution in [3.63, 3.8) is 0 Å². The number of amides is 1. The standard InChI is InChI=1S/C19H23N5O/c1-13-10-20-22-16(13)9-15-6-4-8-23(11-15)19(25)17-12-24-14(2)5-3-7-18(24)21-17/h3,5,7,10,12,15H,4,6,8-9,11H2,1-2H3,(H,20,22). The molecule has 1 atom stereocenters. The third-order valence-electron chi connectivity index (χ3n) is 5.15. The molecule has 0 radical (unpaired) electrons. The van der Waals surface area contributed by atoms with E-state index in [1.54, 1.807) is 0 Å². The van der Waals surface area contributed by atoms with Gasteiger partial charge in [0.2, 0.25) is 0 Å². The lowest BCUT2D eigenvalue weighted by Gasteiger charge is -2.32. The molecule has 25 heavy (non-hydrogen) atoms. The zero-order chi connectivity index (χ0) is 17.4. The monoisotopic (exact) mass is 337 g/mol. The van der Waals surface area contributed by atoms with Crippen LogP contribution in [-0.2, 0) is 6.42 Å². The van der Waals surface area contributed by atoms with E-state index in [1.807, 2.05) is 46.8 Å². The first-order valence-corrected chi connectivity index (χ1v) is 8.84. The summed E-state index contributed by atoms with van der Waals surface area (Å²) in [6.45, 7) is 5.68. The van der Waals surface area contributed by atoms with Gasteiger partial charge in [0.15, 0.2) is 0 Å². The number of carbonyl (C=O) groups excluding carboxylic acids is 1. The summed E-state index contributed by atoms with van der Waals surface area (Å²) in [7, 11) is 0. The van der Waals surface area contributed by atoms with Crippen LogP contribution in [0.15, 0.2) is 30.6 Å². The number of rotatable bonds is 3. The van der Waals surface area contributed by atoms with Gasteiger partial charge in [0, 0.05) is 30.7 Å². The van der Waals surface area contributed by atoms with Crippen LogP contribution in [0.4, 0.5) is 0 Å². The Balaban J connectivity index is 1.51. The van der Waals surface area contributed by atoms with Crippen LogP contribution >= 0.6 is 0 Å². The van der Waals surface area contributed by atoms with E-state index in [9.17, 15) is 4.79 Å². The van der Waals surface area contributed by atoms with Gasteiger partial charge in [-0.05, 0) is 56.7 Å². The van der Waals surface area contributed by atoms with Crippen LogP contribution in [0.5, 0.6) is 0 Å². The minimum atomic E-state index is 0.0362. The van der Waals surface area contributed by atoms with Crippen molar-refractivity contribution in [2.45, 2.75) is 33.1 Å². The van der Waals surface area contributed by atoms with Crippen LogP contribution in [0, 0.1) is 19.8 Å². The summed E-state index contributed by atoms with van der Waals surface area (Å²) in [5, 5.41) is 7.19. The maximum Gasteiger partial charge on any atom is 0.274 e. The molecular formula is C19H23N5O. The van der Waals surface area contributed by atoms with Crippen LogP contribution in [0.1, 0.15) is 40.3 Å². The Morgan fingerprint density at radius 3 is 3.00 bits per heavy atom. The Morgan fingerprint density at radius 1 is 1.36 bits per heavy atom. The molecule has 1 saturated heterocycles. The first-order chi connectivity index (χ1) is 12.1. The van der Waals surface area contributed by atoms with Crippen molar-refractivity contribution in [3.05, 3.63) is 53.2 Å². The molecule has 0 aromatic carbocycles. The second-order valence-corrected chi connectivity index (χ2v) is 7.02. The van der Waals surface area contributed by atoms with Crippen molar-refractivity contribution < 1.29 is 4.79 Å². The van der Waals surface area contributed by atoms with Crippen LogP contribution in [-0.4, -0.2) is 43.5 Å². The number of likely N-dealkylation sites (tertiary alicyclic amines) is 1. The van der Waals surface area contributed by atoms with Crippen molar-refractivity contribution in [3.8, 4) is 0 Å². The Kier molecular flexibility index (Phi) is 4.03. The van der Waals surface area contributed by atoms with Crippen LogP contribution in [0.2, 0.25) is 0 Å². The molecule has 1 unspecified atom stereocenters. The van der Waals surface area contributed by atoms with Crippen LogP contribution < -0.4 is 0 Å². The topological polar surface area (TPSA) is 66.3 Å². The number of nitrogens with zero attached hydrogens (tertiary/aromatic N) is 4. The summed E-state index contributed by atoms with van der Waals surface area (Å²) in [4.78, 5) is 19.4. The second-order valence-electron chi connectivity index (χ2n) is 7.02. The van der Waals surface area contributed by atoms with Gasteiger partial charge >= 0.3 is 0 Å². The van der Waals surface area contributed by atoms with Gasteiger partial charge in [-0.2, -0.15) is 5.10 Å². The first kappa shape index (κ1) is 15.9. The lowest BCUT2D eigenvalue weighted by atomic mass is 9.92. The zero-order valence-electron chi connectivity index (χ0n) is 14.7. The molecule has 6 nitrogen and oxygen atoms in total.